The normalized spacial score (nSPS) is 16.5. The van der Waals surface area contributed by atoms with Gasteiger partial charge in [-0.1, -0.05) is 36.4 Å². The van der Waals surface area contributed by atoms with E-state index in [1.54, 1.807) is 20.3 Å². The largest absolute Gasteiger partial charge is 0.493 e. The summed E-state index contributed by atoms with van der Waals surface area (Å²) >= 11 is 0. The molecule has 4 heteroatoms. The van der Waals surface area contributed by atoms with Crippen LogP contribution in [0.25, 0.3) is 0 Å². The topological polar surface area (TPSA) is 38.8 Å². The van der Waals surface area contributed by atoms with Gasteiger partial charge in [-0.15, -0.1) is 6.58 Å². The number of carbonyl (C=O) groups excluding carboxylic acids is 1. The van der Waals surface area contributed by atoms with Gasteiger partial charge < -0.3 is 14.4 Å². The van der Waals surface area contributed by atoms with E-state index in [9.17, 15) is 4.79 Å². The number of hydrogen-bond donors (Lipinski definition) is 0. The molecule has 3 rings (SSSR count). The Morgan fingerprint density at radius 2 is 1.83 bits per heavy atom. The van der Waals surface area contributed by atoms with Crippen LogP contribution in [-0.2, 0) is 11.2 Å². The van der Waals surface area contributed by atoms with Crippen LogP contribution in [0.4, 0.5) is 0 Å². The summed E-state index contributed by atoms with van der Waals surface area (Å²) in [6, 6.07) is 13.8. The molecule has 0 radical (unpaired) electrons. The average molecular weight is 323 g/mol. The molecule has 0 saturated carbocycles. The molecule has 0 aromatic heterocycles. The molecule has 0 fully saturated rings. The maximum Gasteiger partial charge on any atom is 0.228 e. The smallest absolute Gasteiger partial charge is 0.228 e. The van der Waals surface area contributed by atoms with Gasteiger partial charge in [-0.25, -0.2) is 0 Å². The Balaban J connectivity index is 2.19. The molecule has 1 aliphatic rings. The first kappa shape index (κ1) is 16.1. The lowest BCUT2D eigenvalue weighted by Gasteiger charge is -2.37. The zero-order chi connectivity index (χ0) is 17.1. The van der Waals surface area contributed by atoms with Crippen molar-refractivity contribution in [1.29, 1.82) is 0 Å². The Labute approximate surface area is 142 Å². The van der Waals surface area contributed by atoms with E-state index >= 15 is 0 Å². The predicted molar refractivity (Wildman–Crippen MR) is 93.4 cm³/mol. The van der Waals surface area contributed by atoms with Crippen molar-refractivity contribution in [3.05, 3.63) is 71.8 Å². The zero-order valence-electron chi connectivity index (χ0n) is 14.0. The molecule has 24 heavy (non-hydrogen) atoms. The van der Waals surface area contributed by atoms with E-state index in [0.29, 0.717) is 24.5 Å². The molecular weight excluding hydrogens is 302 g/mol. The summed E-state index contributed by atoms with van der Waals surface area (Å²) in [5, 5.41) is 0. The number of benzene rings is 2. The van der Waals surface area contributed by atoms with Gasteiger partial charge >= 0.3 is 0 Å². The van der Waals surface area contributed by atoms with Crippen LogP contribution in [0, 0.1) is 0 Å². The number of rotatable bonds is 5. The van der Waals surface area contributed by atoms with Gasteiger partial charge in [0, 0.05) is 6.54 Å². The Hall–Kier alpha value is -2.75. The highest BCUT2D eigenvalue weighted by atomic mass is 16.5. The van der Waals surface area contributed by atoms with E-state index in [1.165, 1.54) is 0 Å². The molecule has 2 aromatic rings. The van der Waals surface area contributed by atoms with Crippen LogP contribution in [0.3, 0.4) is 0 Å². The molecule has 1 atom stereocenters. The fraction of sp³-hybridized carbons (Fsp3) is 0.250. The predicted octanol–water partition coefficient (Wildman–Crippen LogP) is 3.36. The van der Waals surface area contributed by atoms with Crippen LogP contribution >= 0.6 is 0 Å². The second kappa shape index (κ2) is 6.79. The third kappa shape index (κ3) is 2.75. The fourth-order valence-corrected chi connectivity index (χ4v) is 3.26. The summed E-state index contributed by atoms with van der Waals surface area (Å²) in [5.41, 5.74) is 3.12. The first-order chi connectivity index (χ1) is 11.7. The molecule has 1 aliphatic heterocycles. The summed E-state index contributed by atoms with van der Waals surface area (Å²) in [4.78, 5) is 14.5. The van der Waals surface area contributed by atoms with Gasteiger partial charge in [-0.2, -0.15) is 0 Å². The molecule has 0 saturated heterocycles. The minimum atomic E-state index is -0.153. The highest BCUT2D eigenvalue weighted by molar-refractivity contribution is 5.83. The molecule has 4 nitrogen and oxygen atoms in total. The Morgan fingerprint density at radius 1 is 1.17 bits per heavy atom. The van der Waals surface area contributed by atoms with Crippen LogP contribution in [0.15, 0.2) is 55.1 Å². The molecule has 1 amide bonds. The van der Waals surface area contributed by atoms with Crippen molar-refractivity contribution in [1.82, 2.24) is 4.90 Å². The van der Waals surface area contributed by atoms with E-state index < -0.39 is 0 Å². The van der Waals surface area contributed by atoms with Crippen molar-refractivity contribution in [2.75, 3.05) is 20.8 Å². The summed E-state index contributed by atoms with van der Waals surface area (Å²) in [6.07, 6.45) is 2.12. The van der Waals surface area contributed by atoms with Gasteiger partial charge in [-0.05, 0) is 28.8 Å². The lowest BCUT2D eigenvalue weighted by atomic mass is 9.87. The number of amides is 1. The van der Waals surface area contributed by atoms with Crippen LogP contribution in [-0.4, -0.2) is 31.6 Å². The highest BCUT2D eigenvalue weighted by Crippen LogP contribution is 2.41. The number of nitrogens with zero attached hydrogens (tertiary/aromatic N) is 1. The fourth-order valence-electron chi connectivity index (χ4n) is 3.26. The highest BCUT2D eigenvalue weighted by Gasteiger charge is 2.34. The SMILES string of the molecule is C=CCN1C(=O)Cc2cc(OC)c(OC)cc2C1c1ccccc1. The Morgan fingerprint density at radius 3 is 2.46 bits per heavy atom. The number of ether oxygens (including phenoxy) is 2. The number of hydrogen-bond acceptors (Lipinski definition) is 3. The van der Waals surface area contributed by atoms with Crippen molar-refractivity contribution < 1.29 is 14.3 Å². The van der Waals surface area contributed by atoms with Crippen molar-refractivity contribution >= 4 is 5.91 Å². The maximum absolute atomic E-state index is 12.7. The summed E-state index contributed by atoms with van der Waals surface area (Å²) in [5.74, 6) is 1.40. The van der Waals surface area contributed by atoms with Crippen LogP contribution in [0.2, 0.25) is 0 Å². The first-order valence-electron chi connectivity index (χ1n) is 7.89. The van der Waals surface area contributed by atoms with Gasteiger partial charge in [0.15, 0.2) is 11.5 Å². The Kier molecular flexibility index (Phi) is 4.56. The van der Waals surface area contributed by atoms with E-state index in [2.05, 4.69) is 6.58 Å². The first-order valence-corrected chi connectivity index (χ1v) is 7.89. The second-order valence-electron chi connectivity index (χ2n) is 5.73. The van der Waals surface area contributed by atoms with E-state index in [1.807, 2.05) is 47.4 Å². The zero-order valence-corrected chi connectivity index (χ0v) is 14.0. The third-order valence-electron chi connectivity index (χ3n) is 4.35. The molecule has 1 unspecified atom stereocenters. The number of methoxy groups -OCH3 is 2. The molecule has 2 aromatic carbocycles. The van der Waals surface area contributed by atoms with Crippen molar-refractivity contribution in [2.45, 2.75) is 12.5 Å². The minimum Gasteiger partial charge on any atom is -0.493 e. The summed E-state index contributed by atoms with van der Waals surface area (Å²) in [7, 11) is 3.23. The van der Waals surface area contributed by atoms with Gasteiger partial charge in [-0.3, -0.25) is 4.79 Å². The average Bonchev–Trinajstić information content (AvgIpc) is 2.62. The van der Waals surface area contributed by atoms with Gasteiger partial charge in [0.2, 0.25) is 5.91 Å². The summed E-state index contributed by atoms with van der Waals surface area (Å²) in [6.45, 7) is 4.30. The number of fused-ring (bicyclic) bond motifs is 1. The van der Waals surface area contributed by atoms with Crippen molar-refractivity contribution in [2.24, 2.45) is 0 Å². The van der Waals surface area contributed by atoms with E-state index in [0.717, 1.165) is 16.7 Å². The molecule has 1 heterocycles. The van der Waals surface area contributed by atoms with Crippen molar-refractivity contribution in [3.63, 3.8) is 0 Å². The van der Waals surface area contributed by atoms with E-state index in [4.69, 9.17) is 9.47 Å². The standard InChI is InChI=1S/C20H21NO3/c1-4-10-21-19(22)12-15-11-17(23-2)18(24-3)13-16(15)20(21)14-8-6-5-7-9-14/h4-9,11,13,20H,1,10,12H2,2-3H3. The molecule has 0 N–H and O–H groups in total. The van der Waals surface area contributed by atoms with Crippen LogP contribution in [0.5, 0.6) is 11.5 Å². The molecule has 124 valence electrons. The quantitative estimate of drug-likeness (QED) is 0.792. The molecule has 0 aliphatic carbocycles. The minimum absolute atomic E-state index is 0.0865. The lowest BCUT2D eigenvalue weighted by Crippen LogP contribution is -2.40. The second-order valence-corrected chi connectivity index (χ2v) is 5.73. The third-order valence-corrected chi connectivity index (χ3v) is 4.35. The van der Waals surface area contributed by atoms with Crippen molar-refractivity contribution in [3.8, 4) is 11.5 Å². The molecular formula is C20H21NO3. The monoisotopic (exact) mass is 323 g/mol. The van der Waals surface area contributed by atoms with Crippen LogP contribution < -0.4 is 9.47 Å². The van der Waals surface area contributed by atoms with E-state index in [-0.39, 0.29) is 11.9 Å². The van der Waals surface area contributed by atoms with Gasteiger partial charge in [0.1, 0.15) is 0 Å². The Bertz CT molecular complexity index is 755. The van der Waals surface area contributed by atoms with Gasteiger partial charge in [0.05, 0.1) is 26.7 Å². The number of carbonyl (C=O) groups is 1. The summed E-state index contributed by atoms with van der Waals surface area (Å²) < 4.78 is 10.8. The lowest BCUT2D eigenvalue weighted by molar-refractivity contribution is -0.132. The van der Waals surface area contributed by atoms with Gasteiger partial charge in [0.25, 0.3) is 0 Å². The molecule has 0 spiro atoms. The van der Waals surface area contributed by atoms with Crippen LogP contribution in [0.1, 0.15) is 22.7 Å². The maximum atomic E-state index is 12.7. The molecule has 0 bridgehead atoms.